The third-order valence-corrected chi connectivity index (χ3v) is 7.35. The molecule has 1 amide bonds. The van der Waals surface area contributed by atoms with Gasteiger partial charge in [0.15, 0.2) is 6.29 Å². The third kappa shape index (κ3) is 4.83. The summed E-state index contributed by atoms with van der Waals surface area (Å²) in [5, 5.41) is 0. The quantitative estimate of drug-likeness (QED) is 0.528. The molecule has 0 saturated carbocycles. The summed E-state index contributed by atoms with van der Waals surface area (Å²) in [6, 6.07) is 4.83. The monoisotopic (exact) mass is 460 g/mol. The summed E-state index contributed by atoms with van der Waals surface area (Å²) in [7, 11) is -3.63. The zero-order chi connectivity index (χ0) is 18.6. The number of aromatic nitrogens is 1. The molecule has 0 radical (unpaired) electrons. The van der Waals surface area contributed by atoms with Crippen molar-refractivity contribution in [3.05, 3.63) is 46.0 Å². The van der Waals surface area contributed by atoms with Gasteiger partial charge in [-0.25, -0.2) is 14.3 Å². The van der Waals surface area contributed by atoms with Gasteiger partial charge < -0.3 is 4.74 Å². The number of hydroxylamine groups is 1. The predicted molar refractivity (Wildman–Crippen MR) is 101 cm³/mol. The number of carbonyl (C=O) groups excluding carboxylic acids is 1. The lowest BCUT2D eigenvalue weighted by Gasteiger charge is -2.21. The Morgan fingerprint density at radius 2 is 2.23 bits per heavy atom. The average molecular weight is 461 g/mol. The van der Waals surface area contributed by atoms with Crippen molar-refractivity contribution in [1.29, 1.82) is 0 Å². The van der Waals surface area contributed by atoms with E-state index in [0.717, 1.165) is 38.4 Å². The van der Waals surface area contributed by atoms with Crippen molar-refractivity contribution in [3.63, 3.8) is 0 Å². The van der Waals surface area contributed by atoms with E-state index in [0.29, 0.717) is 12.2 Å². The maximum Gasteiger partial charge on any atom is 0.277 e. The highest BCUT2D eigenvalue weighted by atomic mass is 79.9. The molecule has 1 unspecified atom stereocenters. The third-order valence-electron chi connectivity index (χ3n) is 3.63. The lowest BCUT2D eigenvalue weighted by molar-refractivity contribution is -0.198. The summed E-state index contributed by atoms with van der Waals surface area (Å²) >= 11 is 4.39. The van der Waals surface area contributed by atoms with Crippen molar-refractivity contribution in [2.45, 2.75) is 29.8 Å². The molecule has 0 bridgehead atoms. The lowest BCUT2D eigenvalue weighted by atomic mass is 10.2. The maximum atomic E-state index is 12.5. The van der Waals surface area contributed by atoms with Crippen LogP contribution >= 0.6 is 27.3 Å². The number of nitrogens with zero attached hydrogens (tertiary/aromatic N) is 1. The van der Waals surface area contributed by atoms with Gasteiger partial charge in [0.25, 0.3) is 15.9 Å². The summed E-state index contributed by atoms with van der Waals surface area (Å²) in [5.41, 5.74) is 2.89. The van der Waals surface area contributed by atoms with E-state index in [4.69, 9.17) is 9.57 Å². The Morgan fingerprint density at radius 3 is 2.92 bits per heavy atom. The van der Waals surface area contributed by atoms with E-state index < -0.39 is 22.2 Å². The number of hydrogen-bond donors (Lipinski definition) is 1. The van der Waals surface area contributed by atoms with Crippen molar-refractivity contribution in [3.8, 4) is 0 Å². The van der Waals surface area contributed by atoms with Crippen molar-refractivity contribution >= 4 is 49.3 Å². The van der Waals surface area contributed by atoms with Crippen molar-refractivity contribution in [1.82, 2.24) is 9.45 Å². The Bertz CT molecular complexity index is 897. The van der Waals surface area contributed by atoms with Crippen LogP contribution in [0.1, 0.15) is 24.8 Å². The maximum absolute atomic E-state index is 12.5. The van der Waals surface area contributed by atoms with Crippen molar-refractivity contribution < 1.29 is 22.8 Å². The molecular formula is C16H17BrN2O5S2. The highest BCUT2D eigenvalue weighted by molar-refractivity contribution is 9.11. The van der Waals surface area contributed by atoms with Crippen LogP contribution in [-0.2, 0) is 24.4 Å². The van der Waals surface area contributed by atoms with Crippen LogP contribution < -0.4 is 5.48 Å². The fraction of sp³-hybridized carbons (Fsp3) is 0.312. The molecular weight excluding hydrogens is 444 g/mol. The van der Waals surface area contributed by atoms with Gasteiger partial charge in [-0.2, -0.15) is 8.42 Å². The Balaban J connectivity index is 1.59. The number of thiophene rings is 1. The Labute approximate surface area is 163 Å². The summed E-state index contributed by atoms with van der Waals surface area (Å²) < 4.78 is 32.4. The predicted octanol–water partition coefficient (Wildman–Crippen LogP) is 3.14. The second-order valence-electron chi connectivity index (χ2n) is 5.55. The average Bonchev–Trinajstić information content (AvgIpc) is 3.29. The van der Waals surface area contributed by atoms with Crippen LogP contribution in [-0.4, -0.2) is 31.2 Å². The Kier molecular flexibility index (Phi) is 6.30. The fourth-order valence-corrected chi connectivity index (χ4v) is 5.63. The molecule has 1 atom stereocenters. The number of nitrogens with one attached hydrogen (secondary N) is 1. The van der Waals surface area contributed by atoms with Crippen LogP contribution in [0.2, 0.25) is 0 Å². The summed E-state index contributed by atoms with van der Waals surface area (Å²) in [6.07, 6.45) is 7.98. The van der Waals surface area contributed by atoms with Crippen molar-refractivity contribution in [2.75, 3.05) is 6.61 Å². The molecule has 2 aromatic rings. The number of rotatable bonds is 6. The number of carbonyl (C=O) groups is 1. The number of amides is 1. The second-order valence-corrected chi connectivity index (χ2v) is 10.1. The van der Waals surface area contributed by atoms with Crippen LogP contribution in [0.4, 0.5) is 0 Å². The van der Waals surface area contributed by atoms with Crippen molar-refractivity contribution in [2.24, 2.45) is 0 Å². The van der Waals surface area contributed by atoms with Gasteiger partial charge in [0.2, 0.25) is 0 Å². The topological polar surface area (TPSA) is 86.6 Å². The molecule has 140 valence electrons. The van der Waals surface area contributed by atoms with E-state index in [1.54, 1.807) is 12.1 Å². The second kappa shape index (κ2) is 8.49. The van der Waals surface area contributed by atoms with Crippen LogP contribution in [0.15, 0.2) is 44.7 Å². The molecule has 1 fully saturated rings. The molecule has 3 rings (SSSR count). The molecule has 10 heteroatoms. The van der Waals surface area contributed by atoms with Gasteiger partial charge in [0, 0.05) is 31.5 Å². The van der Waals surface area contributed by atoms with E-state index in [-0.39, 0.29) is 4.21 Å². The minimum atomic E-state index is -3.63. The van der Waals surface area contributed by atoms with Gasteiger partial charge >= 0.3 is 0 Å². The normalized spacial score (nSPS) is 18.3. The number of ether oxygens (including phenoxy) is 1. The van der Waals surface area contributed by atoms with Crippen LogP contribution in [0.3, 0.4) is 0 Å². The Morgan fingerprint density at radius 1 is 1.38 bits per heavy atom. The molecule has 2 aromatic heterocycles. The zero-order valence-corrected chi connectivity index (χ0v) is 16.8. The van der Waals surface area contributed by atoms with E-state index in [1.165, 1.54) is 30.6 Å². The summed E-state index contributed by atoms with van der Waals surface area (Å²) in [6.45, 7) is 0.624. The van der Waals surface area contributed by atoms with Gasteiger partial charge in [0.1, 0.15) is 4.21 Å². The number of hydrogen-bond acceptors (Lipinski definition) is 6. The van der Waals surface area contributed by atoms with Crippen LogP contribution in [0.5, 0.6) is 0 Å². The molecule has 1 aliphatic rings. The molecule has 1 saturated heterocycles. The van der Waals surface area contributed by atoms with Gasteiger partial charge in [-0.05, 0) is 58.6 Å². The van der Waals surface area contributed by atoms with Gasteiger partial charge in [-0.15, -0.1) is 11.3 Å². The summed E-state index contributed by atoms with van der Waals surface area (Å²) in [4.78, 5) is 17.0. The van der Waals surface area contributed by atoms with Gasteiger partial charge in [0.05, 0.1) is 3.79 Å². The number of halogens is 1. The molecule has 0 spiro atoms. The smallest absolute Gasteiger partial charge is 0.277 e. The van der Waals surface area contributed by atoms with E-state index in [9.17, 15) is 13.2 Å². The highest BCUT2D eigenvalue weighted by Gasteiger charge is 2.19. The summed E-state index contributed by atoms with van der Waals surface area (Å²) in [5.74, 6) is -0.447. The lowest BCUT2D eigenvalue weighted by Crippen LogP contribution is -2.32. The van der Waals surface area contributed by atoms with E-state index >= 15 is 0 Å². The molecule has 7 nitrogen and oxygen atoms in total. The van der Waals surface area contributed by atoms with E-state index in [1.807, 2.05) is 0 Å². The minimum absolute atomic E-state index is 0.231. The van der Waals surface area contributed by atoms with Gasteiger partial charge in [-0.3, -0.25) is 4.79 Å². The first-order valence-electron chi connectivity index (χ1n) is 7.89. The largest absolute Gasteiger partial charge is 0.350 e. The fourth-order valence-electron chi connectivity index (χ4n) is 2.31. The standard InChI is InChI=1S/C16H17BrN2O5S2/c17-13-5-7-16(25-13)26(21,22)19-9-8-12(11-19)4-6-14(20)18-24-15-3-1-2-10-23-15/h4-9,11,15H,1-3,10H2,(H,18,20). The molecule has 3 heterocycles. The van der Waals surface area contributed by atoms with Crippen LogP contribution in [0.25, 0.3) is 6.08 Å². The molecule has 0 aliphatic carbocycles. The van der Waals surface area contributed by atoms with Crippen LogP contribution in [0, 0.1) is 0 Å². The van der Waals surface area contributed by atoms with Gasteiger partial charge in [-0.1, -0.05) is 0 Å². The SMILES string of the molecule is O=C(C=Cc1ccn(S(=O)(=O)c2ccc(Br)s2)c1)NOC1CCCCO1. The first-order valence-corrected chi connectivity index (χ1v) is 10.9. The molecule has 26 heavy (non-hydrogen) atoms. The Hall–Kier alpha value is -1.46. The first-order chi connectivity index (χ1) is 12.4. The van der Waals surface area contributed by atoms with E-state index in [2.05, 4.69) is 21.4 Å². The zero-order valence-electron chi connectivity index (χ0n) is 13.6. The molecule has 1 aliphatic heterocycles. The first kappa shape index (κ1) is 19.3. The molecule has 1 N–H and O–H groups in total. The highest BCUT2D eigenvalue weighted by Crippen LogP contribution is 2.28. The minimum Gasteiger partial charge on any atom is -0.350 e. The molecule has 0 aromatic carbocycles.